The molecule has 29 heteroatoms. The molecule has 16 nitrogen and oxygen atoms in total. The zero-order valence-corrected chi connectivity index (χ0v) is 36.6. The zero-order chi connectivity index (χ0) is 48.8. The van der Waals surface area contributed by atoms with Crippen LogP contribution >= 0.6 is 34.4 Å². The van der Waals surface area contributed by atoms with Crippen LogP contribution in [0.5, 0.6) is 11.5 Å². The van der Waals surface area contributed by atoms with E-state index in [1.54, 1.807) is 23.1 Å². The topological polar surface area (TPSA) is 224 Å². The van der Waals surface area contributed by atoms with Gasteiger partial charge in [0.1, 0.15) is 5.75 Å². The molecule has 1 fully saturated rings. The Morgan fingerprint density at radius 2 is 1.45 bits per heavy atom. The largest absolute Gasteiger partial charge is 0.490 e. The molecule has 356 valence electrons. The van der Waals surface area contributed by atoms with E-state index in [0.29, 0.717) is 48.6 Å². The molecular weight excluding hydrogens is 974 g/mol. The number of likely N-dealkylation sites (N-methyl/N-ethyl adjacent to an activating group) is 1. The van der Waals surface area contributed by atoms with Gasteiger partial charge in [0.25, 0.3) is 10.2 Å². The average Bonchev–Trinajstić information content (AvgIpc) is 3.90. The fourth-order valence-electron chi connectivity index (χ4n) is 4.84. The zero-order valence-electron chi connectivity index (χ0n) is 33.3. The van der Waals surface area contributed by atoms with E-state index in [-0.39, 0.29) is 5.92 Å². The highest BCUT2D eigenvalue weighted by atomic mass is 32.2. The number of carbonyl (C=O) groups is 3. The molecule has 5 heterocycles. The summed E-state index contributed by atoms with van der Waals surface area (Å²) in [6.45, 7) is 1.98. The van der Waals surface area contributed by atoms with Crippen molar-refractivity contribution in [1.82, 2.24) is 28.9 Å². The van der Waals surface area contributed by atoms with Gasteiger partial charge in [-0.25, -0.2) is 29.1 Å². The lowest BCUT2D eigenvalue weighted by Crippen LogP contribution is -2.46. The Hall–Kier alpha value is -5.33. The van der Waals surface area contributed by atoms with E-state index in [1.807, 2.05) is 85.3 Å². The molecule has 6 rings (SSSR count). The van der Waals surface area contributed by atoms with Gasteiger partial charge < -0.3 is 30.3 Å². The maximum absolute atomic E-state index is 12.7. The first-order valence-electron chi connectivity index (χ1n) is 17.9. The Labute approximate surface area is 375 Å². The highest BCUT2D eigenvalue weighted by Crippen LogP contribution is 2.40. The second kappa shape index (κ2) is 23.7. The number of thiophene rings is 1. The van der Waals surface area contributed by atoms with E-state index in [4.69, 9.17) is 44.4 Å². The maximum Gasteiger partial charge on any atom is 0.490 e. The van der Waals surface area contributed by atoms with Crippen LogP contribution in [0.15, 0.2) is 81.5 Å². The number of piperidine rings is 1. The minimum atomic E-state index is -5.08. The summed E-state index contributed by atoms with van der Waals surface area (Å²) in [7, 11) is 0.359. The van der Waals surface area contributed by atoms with Gasteiger partial charge >= 0.3 is 36.4 Å². The van der Waals surface area contributed by atoms with Gasteiger partial charge in [0.2, 0.25) is 0 Å². The van der Waals surface area contributed by atoms with Crippen LogP contribution in [0.4, 0.5) is 50.5 Å². The van der Waals surface area contributed by atoms with E-state index in [9.17, 15) is 47.9 Å². The van der Waals surface area contributed by atoms with E-state index in [1.165, 1.54) is 15.6 Å². The molecule has 0 aliphatic carbocycles. The van der Waals surface area contributed by atoms with Gasteiger partial charge in [0.15, 0.2) is 16.7 Å². The number of rotatable bonds is 12. The number of thiazole rings is 1. The minimum absolute atomic E-state index is 0.191. The summed E-state index contributed by atoms with van der Waals surface area (Å²) in [5.41, 5.74) is 1.95. The van der Waals surface area contributed by atoms with Crippen LogP contribution in [0, 0.1) is 0 Å². The number of halogens is 9. The normalized spacial score (nSPS) is 13.7. The molecule has 1 aliphatic rings. The molecule has 0 bridgehead atoms. The molecule has 65 heavy (non-hydrogen) atoms. The molecule has 0 saturated carbocycles. The number of carboxylic acids is 3. The Bertz CT molecular complexity index is 2390. The minimum Gasteiger partial charge on any atom is -0.475 e. The number of alkyl halides is 9. The van der Waals surface area contributed by atoms with E-state index < -0.39 is 46.6 Å². The Balaban J connectivity index is 0.000000443. The number of para-hydroxylation sites is 1. The van der Waals surface area contributed by atoms with Crippen molar-refractivity contribution in [3.8, 4) is 11.5 Å². The summed E-state index contributed by atoms with van der Waals surface area (Å²) >= 11 is 4.80. The molecule has 5 N–H and O–H groups in total. The van der Waals surface area contributed by atoms with Crippen LogP contribution in [-0.2, 0) is 24.6 Å². The number of ether oxygens (including phenoxy) is 1. The molecule has 0 amide bonds. The number of fused-ring (bicyclic) bond motifs is 1. The highest BCUT2D eigenvalue weighted by Gasteiger charge is 2.39. The van der Waals surface area contributed by atoms with E-state index >= 15 is 0 Å². The summed E-state index contributed by atoms with van der Waals surface area (Å²) in [6, 6.07) is 15.7. The van der Waals surface area contributed by atoms with Gasteiger partial charge in [-0.05, 0) is 56.6 Å². The highest BCUT2D eigenvalue weighted by molar-refractivity contribution is 7.99. The number of anilines is 2. The molecule has 1 saturated heterocycles. The van der Waals surface area contributed by atoms with E-state index in [0.717, 1.165) is 38.5 Å². The van der Waals surface area contributed by atoms with Crippen LogP contribution in [0.1, 0.15) is 24.5 Å². The lowest BCUT2D eigenvalue weighted by Gasteiger charge is -2.30. The first kappa shape index (κ1) is 54.0. The van der Waals surface area contributed by atoms with E-state index in [2.05, 4.69) is 20.4 Å². The van der Waals surface area contributed by atoms with Gasteiger partial charge in [-0.1, -0.05) is 30.0 Å². The molecule has 0 radical (unpaired) electrons. The second-order valence-corrected chi connectivity index (χ2v) is 17.6. The van der Waals surface area contributed by atoms with Crippen LogP contribution in [0.2, 0.25) is 0 Å². The van der Waals surface area contributed by atoms with Crippen LogP contribution in [-0.4, -0.2) is 125 Å². The van der Waals surface area contributed by atoms with Gasteiger partial charge in [-0.3, -0.25) is 4.98 Å². The van der Waals surface area contributed by atoms with Crippen molar-refractivity contribution in [1.29, 1.82) is 0 Å². The fourth-order valence-corrected chi connectivity index (χ4v) is 8.73. The number of nitrogens with one attached hydrogen (secondary N) is 2. The quantitative estimate of drug-likeness (QED) is 0.0741. The van der Waals surface area contributed by atoms with Crippen LogP contribution < -0.4 is 14.8 Å². The Morgan fingerprint density at radius 1 is 0.877 bits per heavy atom. The van der Waals surface area contributed by atoms with Crippen molar-refractivity contribution in [3.05, 3.63) is 77.4 Å². The van der Waals surface area contributed by atoms with Gasteiger partial charge in [0, 0.05) is 65.7 Å². The molecule has 0 unspecified atom stereocenters. The number of hydrogen-bond donors (Lipinski definition) is 5. The average molecular weight is 1010 g/mol. The molecule has 0 spiro atoms. The first-order valence-corrected chi connectivity index (χ1v) is 21.9. The summed E-state index contributed by atoms with van der Waals surface area (Å²) in [4.78, 5) is 44.8. The second-order valence-electron chi connectivity index (χ2n) is 13.0. The molecule has 1 aromatic carbocycles. The molecular formula is C36H36F9N7O9S4. The van der Waals surface area contributed by atoms with Crippen molar-refractivity contribution in [2.45, 2.75) is 47.1 Å². The Morgan fingerprint density at radius 3 is 1.98 bits per heavy atom. The summed E-state index contributed by atoms with van der Waals surface area (Å²) in [5, 5.41) is 29.5. The maximum atomic E-state index is 12.7. The number of aliphatic carboxylic acids is 3. The SMILES string of the molecule is CN(C)CCNS(=O)(=O)N1CCC(c2csc(Nc3ncc(Sc4ccnc5ccsc45)cc3Oc3ccccc3)n2)CC1.O=C(O)C(F)(F)F.O=C(O)C(F)(F)F.O=C(O)C(F)(F)F. The summed E-state index contributed by atoms with van der Waals surface area (Å²) < 4.78 is 132. The van der Waals surface area contributed by atoms with Crippen molar-refractivity contribution in [2.75, 3.05) is 45.6 Å². The predicted octanol–water partition coefficient (Wildman–Crippen LogP) is 8.31. The number of pyridine rings is 2. The number of nitrogens with zero attached hydrogens (tertiary/aromatic N) is 5. The van der Waals surface area contributed by atoms with Crippen molar-refractivity contribution >= 4 is 83.7 Å². The first-order chi connectivity index (χ1) is 30.2. The van der Waals surface area contributed by atoms with Crippen molar-refractivity contribution < 1.29 is 82.4 Å². The lowest BCUT2D eigenvalue weighted by molar-refractivity contribution is -0.193. The predicted molar refractivity (Wildman–Crippen MR) is 220 cm³/mol. The number of hydrogen-bond acceptors (Lipinski definition) is 14. The van der Waals surface area contributed by atoms with Gasteiger partial charge in [-0.2, -0.15) is 52.2 Å². The monoisotopic (exact) mass is 1010 g/mol. The third-order valence-corrected chi connectivity index (χ3v) is 12.3. The number of benzene rings is 1. The van der Waals surface area contributed by atoms with Gasteiger partial charge in [0.05, 0.1) is 15.9 Å². The van der Waals surface area contributed by atoms with Gasteiger partial charge in [-0.15, -0.1) is 22.7 Å². The van der Waals surface area contributed by atoms with Crippen molar-refractivity contribution in [3.63, 3.8) is 0 Å². The molecule has 4 aromatic heterocycles. The number of carboxylic acid groups (broad SMARTS) is 3. The molecule has 1 aliphatic heterocycles. The third kappa shape index (κ3) is 18.2. The molecule has 5 aromatic rings. The Kier molecular flexibility index (Phi) is 19.7. The number of aromatic nitrogens is 3. The molecule has 0 atom stereocenters. The van der Waals surface area contributed by atoms with Crippen LogP contribution in [0.25, 0.3) is 10.2 Å². The van der Waals surface area contributed by atoms with Crippen LogP contribution in [0.3, 0.4) is 0 Å². The fraction of sp³-hybridized carbons (Fsp3) is 0.333. The van der Waals surface area contributed by atoms with Crippen molar-refractivity contribution in [2.24, 2.45) is 0 Å². The summed E-state index contributed by atoms with van der Waals surface area (Å²) in [6.07, 6.45) is -10.1. The lowest BCUT2D eigenvalue weighted by atomic mass is 9.95. The standard InChI is InChI=1S/C30H33N7O3S4.3C2HF3O2/c1-36(2)16-13-33-44(38,39)37-14-9-21(10-15-37)25-20-42-30(34-25)35-29-26(40-22-6-4-3-5-7-22)18-23(19-32-29)43-27-8-12-31-24-11-17-41-28(24)27;3*3-2(4,5)1(6)7/h3-8,11-12,17-21,33H,9-10,13-16H2,1-2H3,(H,32,34,35);3*(H,6,7). The third-order valence-electron chi connectivity index (χ3n) is 7.86. The smallest absolute Gasteiger partial charge is 0.475 e. The summed E-state index contributed by atoms with van der Waals surface area (Å²) in [5.74, 6) is -6.21.